The number of rotatable bonds is 11. The third kappa shape index (κ3) is 6.24. The lowest BCUT2D eigenvalue weighted by molar-refractivity contribution is -0.127. The van der Waals surface area contributed by atoms with Crippen molar-refractivity contribution < 1.29 is 14.1 Å². The van der Waals surface area contributed by atoms with E-state index in [-0.39, 0.29) is 23.4 Å². The Balaban J connectivity index is 1.59. The second-order valence-electron chi connectivity index (χ2n) is 9.12. The predicted octanol–water partition coefficient (Wildman–Crippen LogP) is 3.05. The van der Waals surface area contributed by atoms with Gasteiger partial charge in [-0.2, -0.15) is 0 Å². The molecule has 192 valence electrons. The van der Waals surface area contributed by atoms with Crippen molar-refractivity contribution in [1.29, 1.82) is 0 Å². The molecule has 4 rings (SSSR count). The summed E-state index contributed by atoms with van der Waals surface area (Å²) in [7, 11) is 0. The lowest BCUT2D eigenvalue weighted by atomic mass is 10.1. The highest BCUT2D eigenvalue weighted by molar-refractivity contribution is 7.90. The van der Waals surface area contributed by atoms with Gasteiger partial charge in [0.25, 0.3) is 5.56 Å². The second kappa shape index (κ2) is 11.9. The first-order chi connectivity index (χ1) is 17.3. The minimum atomic E-state index is -1.06. The number of benzene rings is 1. The van der Waals surface area contributed by atoms with Gasteiger partial charge in [-0.1, -0.05) is 0 Å². The maximum atomic E-state index is 13.4. The molecule has 1 saturated heterocycles. The predicted molar refractivity (Wildman–Crippen MR) is 142 cm³/mol. The van der Waals surface area contributed by atoms with Gasteiger partial charge in [0.15, 0.2) is 16.4 Å². The highest BCUT2D eigenvalue weighted by atomic mass is 32.2. The molecule has 1 amide bonds. The molecule has 9 nitrogen and oxygen atoms in total. The molecule has 2 aromatic heterocycles. The smallest absolute Gasteiger partial charge is 0.295 e. The van der Waals surface area contributed by atoms with Crippen LogP contribution in [0.5, 0.6) is 0 Å². The van der Waals surface area contributed by atoms with Gasteiger partial charge in [-0.05, 0) is 74.3 Å². The number of hydrogen-bond donors (Lipinski definition) is 1. The molecular formula is C26H33N5O4S. The molecule has 3 heterocycles. The van der Waals surface area contributed by atoms with Gasteiger partial charge in [0.05, 0.1) is 24.9 Å². The maximum Gasteiger partial charge on any atom is 0.295 e. The number of carbonyl (C=O) groups excluding carboxylic acids is 1. The summed E-state index contributed by atoms with van der Waals surface area (Å²) >= 11 is -1.06. The second-order valence-corrected chi connectivity index (χ2v) is 10.5. The molecule has 0 saturated carbocycles. The summed E-state index contributed by atoms with van der Waals surface area (Å²) in [6.45, 7) is 6.64. The first-order valence-corrected chi connectivity index (χ1v) is 13.9. The third-order valence-electron chi connectivity index (χ3n) is 6.11. The van der Waals surface area contributed by atoms with Crippen LogP contribution in [0.2, 0.25) is 0 Å². The lowest BCUT2D eigenvalue weighted by Crippen LogP contribution is -2.30. The number of pyridine rings is 1. The Morgan fingerprint density at radius 3 is 2.56 bits per heavy atom. The molecular weight excluding hydrogens is 478 g/mol. The number of hydrogen-bond acceptors (Lipinski definition) is 7. The highest BCUT2D eigenvalue weighted by Gasteiger charge is 2.19. The number of ether oxygens (including phenoxy) is 1. The zero-order chi connectivity index (χ0) is 25.7. The minimum Gasteiger partial charge on any atom is -0.612 e. The van der Waals surface area contributed by atoms with Crippen LogP contribution in [-0.4, -0.2) is 68.5 Å². The number of likely N-dealkylation sites (tertiary alicyclic amines) is 1. The number of nitrogens with one attached hydrogen (secondary N) is 1. The van der Waals surface area contributed by atoms with E-state index in [2.05, 4.69) is 10.3 Å². The van der Waals surface area contributed by atoms with Crippen molar-refractivity contribution in [3.63, 3.8) is 0 Å². The average molecular weight is 512 g/mol. The summed E-state index contributed by atoms with van der Waals surface area (Å²) in [5.74, 6) is 0.468. The Hall–Kier alpha value is -2.95. The fourth-order valence-electron chi connectivity index (χ4n) is 4.22. The molecule has 0 bridgehead atoms. The molecule has 1 unspecified atom stereocenters. The fraction of sp³-hybridized carbons (Fsp3) is 0.462. The minimum absolute atomic E-state index is 0.0471. The summed E-state index contributed by atoms with van der Waals surface area (Å²) in [4.78, 5) is 37.1. The van der Waals surface area contributed by atoms with E-state index in [1.54, 1.807) is 10.8 Å². The van der Waals surface area contributed by atoms with Gasteiger partial charge in [-0.15, -0.1) is 0 Å². The van der Waals surface area contributed by atoms with E-state index < -0.39 is 11.2 Å². The SMILES string of the molecule is CC(C)OCCn1c(=O)c(NCCCN2CCCC2=O)nc2ccc(-c3ccc([S+](C)[O-])cc3)nc21. The van der Waals surface area contributed by atoms with Gasteiger partial charge < -0.3 is 19.5 Å². The summed E-state index contributed by atoms with van der Waals surface area (Å²) in [6.07, 6.45) is 3.96. The molecule has 1 aliphatic heterocycles. The van der Waals surface area contributed by atoms with Crippen LogP contribution in [0.4, 0.5) is 5.82 Å². The molecule has 10 heteroatoms. The summed E-state index contributed by atoms with van der Waals surface area (Å²) in [5.41, 5.74) is 2.40. The molecule has 0 aliphatic carbocycles. The Morgan fingerprint density at radius 1 is 1.11 bits per heavy atom. The van der Waals surface area contributed by atoms with Gasteiger partial charge >= 0.3 is 0 Å². The van der Waals surface area contributed by atoms with Gasteiger partial charge in [0.1, 0.15) is 11.8 Å². The number of nitrogens with zero attached hydrogens (tertiary/aromatic N) is 4. The summed E-state index contributed by atoms with van der Waals surface area (Å²) in [5, 5.41) is 3.17. The zero-order valence-corrected chi connectivity index (χ0v) is 21.8. The number of carbonyl (C=O) groups is 1. The molecule has 1 atom stereocenters. The van der Waals surface area contributed by atoms with E-state index in [1.807, 2.05) is 55.1 Å². The Kier molecular flexibility index (Phi) is 8.60. The summed E-state index contributed by atoms with van der Waals surface area (Å²) in [6, 6.07) is 11.1. The molecule has 1 aliphatic rings. The van der Waals surface area contributed by atoms with E-state index in [0.717, 1.165) is 29.8 Å². The summed E-state index contributed by atoms with van der Waals surface area (Å²) < 4.78 is 19.0. The normalized spacial score (nSPS) is 14.7. The van der Waals surface area contributed by atoms with Crippen LogP contribution in [0, 0.1) is 0 Å². The molecule has 36 heavy (non-hydrogen) atoms. The molecule has 0 spiro atoms. The topological polar surface area (TPSA) is 112 Å². The lowest BCUT2D eigenvalue weighted by Gasteiger charge is -2.16. The molecule has 0 radical (unpaired) electrons. The van der Waals surface area contributed by atoms with Crippen molar-refractivity contribution >= 4 is 34.1 Å². The van der Waals surface area contributed by atoms with Crippen LogP contribution in [-0.2, 0) is 27.3 Å². The van der Waals surface area contributed by atoms with E-state index in [0.29, 0.717) is 49.5 Å². The largest absolute Gasteiger partial charge is 0.612 e. The monoisotopic (exact) mass is 511 g/mol. The molecule has 3 aromatic rings. The quantitative estimate of drug-likeness (QED) is 0.311. The van der Waals surface area contributed by atoms with E-state index in [4.69, 9.17) is 9.72 Å². The fourth-order valence-corrected chi connectivity index (χ4v) is 4.74. The average Bonchev–Trinajstić information content (AvgIpc) is 3.27. The van der Waals surface area contributed by atoms with Crippen LogP contribution in [0.1, 0.15) is 33.1 Å². The van der Waals surface area contributed by atoms with Crippen molar-refractivity contribution in [3.05, 3.63) is 46.8 Å². The van der Waals surface area contributed by atoms with E-state index in [9.17, 15) is 14.1 Å². The van der Waals surface area contributed by atoms with Crippen LogP contribution in [0.15, 0.2) is 46.1 Å². The molecule has 1 N–H and O–H groups in total. The number of amides is 1. The van der Waals surface area contributed by atoms with Crippen LogP contribution in [0.3, 0.4) is 0 Å². The van der Waals surface area contributed by atoms with Crippen molar-refractivity contribution in [1.82, 2.24) is 19.4 Å². The standard InChI is InChI=1S/C26H33N5O4S/c1-18(2)35-17-16-31-25-22(12-11-21(29-25)19-7-9-20(10-8-19)36(3)34)28-24(26(31)33)27-13-5-15-30-14-4-6-23(30)32/h7-12,18H,4-6,13-17H2,1-3H3,(H,27,28). The van der Waals surface area contributed by atoms with Crippen LogP contribution < -0.4 is 10.9 Å². The van der Waals surface area contributed by atoms with Gasteiger partial charge in [0, 0.05) is 31.6 Å². The van der Waals surface area contributed by atoms with Crippen molar-refractivity contribution in [2.24, 2.45) is 0 Å². The first kappa shape index (κ1) is 26.1. The first-order valence-electron chi connectivity index (χ1n) is 12.3. The Morgan fingerprint density at radius 2 is 1.89 bits per heavy atom. The van der Waals surface area contributed by atoms with Gasteiger partial charge in [-0.3, -0.25) is 14.2 Å². The number of fused-ring (bicyclic) bond motifs is 1. The van der Waals surface area contributed by atoms with Crippen LogP contribution >= 0.6 is 0 Å². The highest BCUT2D eigenvalue weighted by Crippen LogP contribution is 2.22. The van der Waals surface area contributed by atoms with Crippen molar-refractivity contribution in [2.45, 2.75) is 50.7 Å². The third-order valence-corrected chi connectivity index (χ3v) is 7.04. The zero-order valence-electron chi connectivity index (χ0n) is 21.0. The van der Waals surface area contributed by atoms with Crippen LogP contribution in [0.25, 0.3) is 22.4 Å². The van der Waals surface area contributed by atoms with E-state index in [1.165, 1.54) is 0 Å². The van der Waals surface area contributed by atoms with Gasteiger partial charge in [-0.25, -0.2) is 9.97 Å². The van der Waals surface area contributed by atoms with Crippen molar-refractivity contribution in [2.75, 3.05) is 37.8 Å². The Labute approximate surface area is 214 Å². The van der Waals surface area contributed by atoms with E-state index >= 15 is 0 Å². The number of aromatic nitrogens is 3. The van der Waals surface area contributed by atoms with Gasteiger partial charge in [0.2, 0.25) is 5.91 Å². The molecule has 1 aromatic carbocycles. The number of anilines is 1. The molecule has 1 fully saturated rings. The maximum absolute atomic E-state index is 13.4. The Bertz CT molecular complexity index is 1260. The van der Waals surface area contributed by atoms with Crippen molar-refractivity contribution in [3.8, 4) is 11.3 Å².